The summed E-state index contributed by atoms with van der Waals surface area (Å²) in [6.45, 7) is 5.16. The van der Waals surface area contributed by atoms with Crippen LogP contribution in [-0.2, 0) is 13.6 Å². The molecule has 6 heteroatoms. The molecule has 0 aliphatic rings. The minimum atomic E-state index is -0.106. The van der Waals surface area contributed by atoms with Crippen LogP contribution in [0.4, 0.5) is 0 Å². The third-order valence-electron chi connectivity index (χ3n) is 3.61. The summed E-state index contributed by atoms with van der Waals surface area (Å²) in [7, 11) is 1.85. The van der Waals surface area contributed by atoms with Gasteiger partial charge in [0.25, 0.3) is 5.91 Å². The lowest BCUT2D eigenvalue weighted by molar-refractivity contribution is 0.0944. The van der Waals surface area contributed by atoms with Gasteiger partial charge in [-0.1, -0.05) is 0 Å². The second-order valence-electron chi connectivity index (χ2n) is 5.16. The Labute approximate surface area is 122 Å². The van der Waals surface area contributed by atoms with E-state index in [1.165, 1.54) is 0 Å². The summed E-state index contributed by atoms with van der Waals surface area (Å²) >= 11 is 0. The van der Waals surface area contributed by atoms with E-state index in [9.17, 15) is 4.79 Å². The largest absolute Gasteiger partial charge is 0.463 e. The molecule has 3 rings (SSSR count). The van der Waals surface area contributed by atoms with E-state index >= 15 is 0 Å². The SMILES string of the molecule is Cc1cc(C)n(CCNC(=O)c2cc3occc3n2C)n1. The molecule has 3 aromatic rings. The fraction of sp³-hybridized carbons (Fsp3) is 0.333. The third kappa shape index (κ3) is 2.44. The zero-order valence-corrected chi connectivity index (χ0v) is 12.4. The normalized spacial score (nSPS) is 11.2. The lowest BCUT2D eigenvalue weighted by Gasteiger charge is -2.07. The van der Waals surface area contributed by atoms with Crippen LogP contribution in [-0.4, -0.2) is 26.8 Å². The van der Waals surface area contributed by atoms with E-state index in [4.69, 9.17) is 4.42 Å². The number of carbonyl (C=O) groups is 1. The van der Waals surface area contributed by atoms with E-state index in [0.717, 1.165) is 22.5 Å². The Morgan fingerprint density at radius 2 is 2.19 bits per heavy atom. The van der Waals surface area contributed by atoms with Crippen molar-refractivity contribution in [2.24, 2.45) is 7.05 Å². The number of amides is 1. The Hall–Kier alpha value is -2.50. The average molecular weight is 286 g/mol. The summed E-state index contributed by atoms with van der Waals surface area (Å²) in [4.78, 5) is 12.2. The minimum Gasteiger partial charge on any atom is -0.463 e. The Balaban J connectivity index is 1.65. The fourth-order valence-corrected chi connectivity index (χ4v) is 2.54. The standard InChI is InChI=1S/C15H18N4O2/c1-10-8-11(2)19(17-10)6-5-16-15(20)13-9-14-12(18(13)3)4-7-21-14/h4,7-9H,5-6H2,1-3H3,(H,16,20). The van der Waals surface area contributed by atoms with Gasteiger partial charge in [-0.05, 0) is 19.9 Å². The van der Waals surface area contributed by atoms with Gasteiger partial charge in [-0.3, -0.25) is 9.48 Å². The maximum Gasteiger partial charge on any atom is 0.268 e. The Bertz CT molecular complexity index is 794. The monoisotopic (exact) mass is 286 g/mol. The van der Waals surface area contributed by atoms with Crippen LogP contribution in [0.2, 0.25) is 0 Å². The Morgan fingerprint density at radius 3 is 2.86 bits per heavy atom. The van der Waals surface area contributed by atoms with Gasteiger partial charge in [-0.15, -0.1) is 0 Å². The Morgan fingerprint density at radius 1 is 1.38 bits per heavy atom. The molecule has 6 nitrogen and oxygen atoms in total. The molecule has 1 N–H and O–H groups in total. The highest BCUT2D eigenvalue weighted by Crippen LogP contribution is 2.19. The first-order valence-electron chi connectivity index (χ1n) is 6.88. The molecule has 0 aliphatic carbocycles. The molecule has 0 unspecified atom stereocenters. The molecule has 0 spiro atoms. The molecule has 0 atom stereocenters. The number of aryl methyl sites for hydroxylation is 3. The first kappa shape index (κ1) is 13.5. The van der Waals surface area contributed by atoms with Crippen LogP contribution in [0.3, 0.4) is 0 Å². The van der Waals surface area contributed by atoms with Gasteiger partial charge in [0.15, 0.2) is 5.58 Å². The maximum absolute atomic E-state index is 12.2. The highest BCUT2D eigenvalue weighted by molar-refractivity contribution is 5.97. The molecular weight excluding hydrogens is 268 g/mol. The summed E-state index contributed by atoms with van der Waals surface area (Å²) in [5.74, 6) is -0.106. The summed E-state index contributed by atoms with van der Waals surface area (Å²) in [5.41, 5.74) is 4.32. The molecule has 0 saturated heterocycles. The average Bonchev–Trinajstić information content (AvgIpc) is 3.08. The van der Waals surface area contributed by atoms with Crippen molar-refractivity contribution in [2.45, 2.75) is 20.4 Å². The van der Waals surface area contributed by atoms with Gasteiger partial charge in [-0.2, -0.15) is 5.10 Å². The van der Waals surface area contributed by atoms with Crippen LogP contribution in [0.15, 0.2) is 28.9 Å². The van der Waals surface area contributed by atoms with Crippen molar-refractivity contribution in [3.8, 4) is 0 Å². The molecule has 0 radical (unpaired) electrons. The van der Waals surface area contributed by atoms with Crippen molar-refractivity contribution in [3.63, 3.8) is 0 Å². The molecule has 0 aromatic carbocycles. The van der Waals surface area contributed by atoms with Crippen molar-refractivity contribution in [2.75, 3.05) is 6.54 Å². The third-order valence-corrected chi connectivity index (χ3v) is 3.61. The summed E-state index contributed by atoms with van der Waals surface area (Å²) < 4.78 is 9.03. The quantitative estimate of drug-likeness (QED) is 0.798. The van der Waals surface area contributed by atoms with Crippen molar-refractivity contribution in [1.82, 2.24) is 19.7 Å². The maximum atomic E-state index is 12.2. The lowest BCUT2D eigenvalue weighted by Crippen LogP contribution is -2.29. The zero-order valence-electron chi connectivity index (χ0n) is 12.4. The fourth-order valence-electron chi connectivity index (χ4n) is 2.54. The van der Waals surface area contributed by atoms with E-state index < -0.39 is 0 Å². The smallest absolute Gasteiger partial charge is 0.268 e. The molecule has 0 bridgehead atoms. The minimum absolute atomic E-state index is 0.106. The van der Waals surface area contributed by atoms with E-state index in [-0.39, 0.29) is 5.91 Å². The van der Waals surface area contributed by atoms with Crippen LogP contribution in [0.25, 0.3) is 11.1 Å². The summed E-state index contributed by atoms with van der Waals surface area (Å²) in [6, 6.07) is 5.63. The second kappa shape index (κ2) is 5.12. The highest BCUT2D eigenvalue weighted by atomic mass is 16.3. The summed E-state index contributed by atoms with van der Waals surface area (Å²) in [5, 5.41) is 7.28. The molecule has 0 fully saturated rings. The molecule has 3 aromatic heterocycles. The molecule has 3 heterocycles. The first-order valence-corrected chi connectivity index (χ1v) is 6.88. The second-order valence-corrected chi connectivity index (χ2v) is 5.16. The van der Waals surface area contributed by atoms with E-state index in [1.54, 1.807) is 12.3 Å². The number of hydrogen-bond donors (Lipinski definition) is 1. The number of rotatable bonds is 4. The lowest BCUT2D eigenvalue weighted by atomic mass is 10.4. The van der Waals surface area contributed by atoms with Crippen LogP contribution >= 0.6 is 0 Å². The van der Waals surface area contributed by atoms with Gasteiger partial charge >= 0.3 is 0 Å². The Kier molecular flexibility index (Phi) is 3.29. The number of fused-ring (bicyclic) bond motifs is 1. The van der Waals surface area contributed by atoms with E-state index in [1.807, 2.05) is 42.3 Å². The highest BCUT2D eigenvalue weighted by Gasteiger charge is 2.14. The number of nitrogens with zero attached hydrogens (tertiary/aromatic N) is 3. The number of nitrogens with one attached hydrogen (secondary N) is 1. The number of aromatic nitrogens is 3. The van der Waals surface area contributed by atoms with Crippen LogP contribution in [0, 0.1) is 13.8 Å². The number of carbonyl (C=O) groups excluding carboxylic acids is 1. The molecule has 21 heavy (non-hydrogen) atoms. The van der Waals surface area contributed by atoms with Gasteiger partial charge in [-0.25, -0.2) is 0 Å². The van der Waals surface area contributed by atoms with Crippen LogP contribution in [0.1, 0.15) is 21.9 Å². The van der Waals surface area contributed by atoms with Gasteiger partial charge in [0.1, 0.15) is 5.69 Å². The van der Waals surface area contributed by atoms with Crippen LogP contribution < -0.4 is 5.32 Å². The van der Waals surface area contributed by atoms with Crippen molar-refractivity contribution in [1.29, 1.82) is 0 Å². The molecule has 110 valence electrons. The van der Waals surface area contributed by atoms with Crippen molar-refractivity contribution >= 4 is 17.0 Å². The first-order chi connectivity index (χ1) is 10.1. The molecular formula is C15H18N4O2. The molecule has 1 amide bonds. The van der Waals surface area contributed by atoms with Crippen molar-refractivity contribution in [3.05, 3.63) is 41.5 Å². The number of hydrogen-bond acceptors (Lipinski definition) is 3. The number of furan rings is 1. The van der Waals surface area contributed by atoms with Gasteiger partial charge in [0.05, 0.1) is 24.0 Å². The van der Waals surface area contributed by atoms with Gasteiger partial charge in [0, 0.05) is 31.4 Å². The summed E-state index contributed by atoms with van der Waals surface area (Å²) in [6.07, 6.45) is 1.62. The molecule has 0 aliphatic heterocycles. The zero-order chi connectivity index (χ0) is 15.0. The van der Waals surface area contributed by atoms with Gasteiger partial charge < -0.3 is 14.3 Å². The predicted octanol–water partition coefficient (Wildman–Crippen LogP) is 2.01. The molecule has 0 saturated carbocycles. The van der Waals surface area contributed by atoms with Crippen LogP contribution in [0.5, 0.6) is 0 Å². The van der Waals surface area contributed by atoms with Crippen molar-refractivity contribution < 1.29 is 9.21 Å². The topological polar surface area (TPSA) is 65.0 Å². The van der Waals surface area contributed by atoms with E-state index in [0.29, 0.717) is 18.8 Å². The van der Waals surface area contributed by atoms with E-state index in [2.05, 4.69) is 10.4 Å². The van der Waals surface area contributed by atoms with Gasteiger partial charge in [0.2, 0.25) is 0 Å². The predicted molar refractivity (Wildman–Crippen MR) is 79.2 cm³/mol.